The van der Waals surface area contributed by atoms with Crippen LogP contribution in [0.4, 0.5) is 4.79 Å². The molecule has 0 atom stereocenters. The van der Waals surface area contributed by atoms with Crippen LogP contribution in [0, 0.1) is 0 Å². The summed E-state index contributed by atoms with van der Waals surface area (Å²) in [4.78, 5) is 23.9. The fourth-order valence-corrected chi connectivity index (χ4v) is 2.38. The summed E-state index contributed by atoms with van der Waals surface area (Å²) in [5, 5.41) is 11.2. The van der Waals surface area contributed by atoms with E-state index in [0.29, 0.717) is 0 Å². The van der Waals surface area contributed by atoms with E-state index in [-0.39, 0.29) is 25.0 Å². The van der Waals surface area contributed by atoms with Gasteiger partial charge in [-0.15, -0.1) is 0 Å². The Balaban J connectivity index is 1.86. The van der Waals surface area contributed by atoms with Crippen LogP contribution in [0.1, 0.15) is 17.5 Å². The van der Waals surface area contributed by atoms with E-state index in [2.05, 4.69) is 17.4 Å². The highest BCUT2D eigenvalue weighted by molar-refractivity contribution is 5.75. The third kappa shape index (κ3) is 3.24. The average Bonchev–Trinajstić information content (AvgIpc) is 2.80. The summed E-state index contributed by atoms with van der Waals surface area (Å²) in [5.41, 5.74) is 2.58. The Morgan fingerprint density at radius 1 is 1.32 bits per heavy atom. The van der Waals surface area contributed by atoms with Crippen LogP contribution in [-0.4, -0.2) is 41.6 Å². The molecule has 0 radical (unpaired) electrons. The van der Waals surface area contributed by atoms with Gasteiger partial charge in [-0.2, -0.15) is 0 Å². The number of amides is 2. The van der Waals surface area contributed by atoms with Gasteiger partial charge in [0.15, 0.2) is 0 Å². The lowest BCUT2D eigenvalue weighted by atomic mass is 10.1. The van der Waals surface area contributed by atoms with E-state index in [1.807, 2.05) is 12.1 Å². The fraction of sp³-hybridized carbons (Fsp3) is 0.429. The molecule has 0 heterocycles. The molecule has 0 unspecified atom stereocenters. The molecule has 102 valence electrons. The van der Waals surface area contributed by atoms with Gasteiger partial charge in [0, 0.05) is 19.6 Å². The van der Waals surface area contributed by atoms with E-state index in [9.17, 15) is 9.59 Å². The predicted octanol–water partition coefficient (Wildman–Crippen LogP) is 1.27. The highest BCUT2D eigenvalue weighted by atomic mass is 16.4. The van der Waals surface area contributed by atoms with Gasteiger partial charge in [0.2, 0.25) is 0 Å². The normalized spacial score (nSPS) is 13.9. The summed E-state index contributed by atoms with van der Waals surface area (Å²) < 4.78 is 0. The molecule has 5 nitrogen and oxygen atoms in total. The molecule has 19 heavy (non-hydrogen) atoms. The summed E-state index contributed by atoms with van der Waals surface area (Å²) in [5.74, 6) is -0.906. The Bertz CT molecular complexity index is 462. The molecular weight excluding hydrogens is 244 g/mol. The largest absolute Gasteiger partial charge is 0.481 e. The number of rotatable bonds is 4. The lowest BCUT2D eigenvalue weighted by Gasteiger charge is -2.24. The molecular formula is C14H18N2O3. The molecule has 2 rings (SSSR count). The van der Waals surface area contributed by atoms with Crippen molar-refractivity contribution in [3.05, 3.63) is 35.4 Å². The zero-order valence-corrected chi connectivity index (χ0v) is 10.9. The van der Waals surface area contributed by atoms with E-state index in [4.69, 9.17) is 5.11 Å². The van der Waals surface area contributed by atoms with Gasteiger partial charge < -0.3 is 15.3 Å². The van der Waals surface area contributed by atoms with Crippen LogP contribution in [0.3, 0.4) is 0 Å². The summed E-state index contributed by atoms with van der Waals surface area (Å²) in [6.07, 6.45) is 1.67. The number of carbonyl (C=O) groups excluding carboxylic acids is 1. The quantitative estimate of drug-likeness (QED) is 0.858. The van der Waals surface area contributed by atoms with Crippen LogP contribution >= 0.6 is 0 Å². The fourth-order valence-electron chi connectivity index (χ4n) is 2.38. The zero-order valence-electron chi connectivity index (χ0n) is 10.9. The first-order valence-corrected chi connectivity index (χ1v) is 6.37. The Hall–Kier alpha value is -2.04. The maximum Gasteiger partial charge on any atom is 0.317 e. The molecule has 0 fully saturated rings. The van der Waals surface area contributed by atoms with Crippen molar-refractivity contribution in [2.24, 2.45) is 0 Å². The minimum atomic E-state index is -0.906. The smallest absolute Gasteiger partial charge is 0.317 e. The number of hydrogen-bond acceptors (Lipinski definition) is 2. The lowest BCUT2D eigenvalue weighted by molar-refractivity contribution is -0.136. The third-order valence-corrected chi connectivity index (χ3v) is 3.51. The van der Waals surface area contributed by atoms with E-state index in [1.165, 1.54) is 11.1 Å². The number of carboxylic acid groups (broad SMARTS) is 1. The van der Waals surface area contributed by atoms with Crippen molar-refractivity contribution in [2.45, 2.75) is 25.3 Å². The average molecular weight is 262 g/mol. The second kappa shape index (κ2) is 5.73. The first kappa shape index (κ1) is 13.4. The van der Waals surface area contributed by atoms with Crippen LogP contribution in [0.15, 0.2) is 24.3 Å². The van der Waals surface area contributed by atoms with Crippen molar-refractivity contribution in [3.8, 4) is 0 Å². The van der Waals surface area contributed by atoms with Gasteiger partial charge in [0.05, 0.1) is 6.42 Å². The van der Waals surface area contributed by atoms with Crippen molar-refractivity contribution in [1.82, 2.24) is 10.2 Å². The Morgan fingerprint density at radius 2 is 1.89 bits per heavy atom. The number of nitrogens with one attached hydrogen (secondary N) is 1. The van der Waals surface area contributed by atoms with Gasteiger partial charge in [0.25, 0.3) is 0 Å². The summed E-state index contributed by atoms with van der Waals surface area (Å²) in [6.45, 7) is 0.165. The van der Waals surface area contributed by atoms with Gasteiger partial charge in [-0.25, -0.2) is 4.79 Å². The van der Waals surface area contributed by atoms with Gasteiger partial charge >= 0.3 is 12.0 Å². The molecule has 2 amide bonds. The Morgan fingerprint density at radius 3 is 2.42 bits per heavy atom. The summed E-state index contributed by atoms with van der Waals surface area (Å²) in [7, 11) is 1.76. The van der Waals surface area contributed by atoms with Gasteiger partial charge in [-0.1, -0.05) is 24.3 Å². The zero-order chi connectivity index (χ0) is 13.8. The Labute approximate surface area is 112 Å². The van der Waals surface area contributed by atoms with E-state index < -0.39 is 5.97 Å². The van der Waals surface area contributed by atoms with Crippen molar-refractivity contribution in [1.29, 1.82) is 0 Å². The van der Waals surface area contributed by atoms with Gasteiger partial charge in [-0.05, 0) is 24.0 Å². The number of carboxylic acids is 1. The predicted molar refractivity (Wildman–Crippen MR) is 71.1 cm³/mol. The Kier molecular flexibility index (Phi) is 4.04. The van der Waals surface area contributed by atoms with Crippen LogP contribution < -0.4 is 5.32 Å². The molecule has 1 aromatic rings. The summed E-state index contributed by atoms with van der Waals surface area (Å²) in [6, 6.07) is 8.14. The number of fused-ring (bicyclic) bond motifs is 1. The number of aliphatic carboxylic acids is 1. The van der Waals surface area contributed by atoms with E-state index in [1.54, 1.807) is 11.9 Å². The molecule has 1 aliphatic rings. The van der Waals surface area contributed by atoms with Crippen LogP contribution in [0.2, 0.25) is 0 Å². The molecule has 0 saturated heterocycles. The maximum atomic E-state index is 11.9. The number of carbonyl (C=O) groups is 2. The maximum absolute atomic E-state index is 11.9. The molecule has 5 heteroatoms. The molecule has 0 spiro atoms. The first-order valence-electron chi connectivity index (χ1n) is 6.37. The second-order valence-corrected chi connectivity index (χ2v) is 4.82. The highest BCUT2D eigenvalue weighted by Gasteiger charge is 2.26. The molecule has 1 aliphatic carbocycles. The van der Waals surface area contributed by atoms with E-state index in [0.717, 1.165) is 12.8 Å². The first-order chi connectivity index (χ1) is 9.08. The molecule has 0 aliphatic heterocycles. The minimum Gasteiger partial charge on any atom is -0.481 e. The second-order valence-electron chi connectivity index (χ2n) is 4.82. The SMILES string of the molecule is CN(C(=O)NCCC(=O)O)C1Cc2ccccc2C1. The number of hydrogen-bond donors (Lipinski definition) is 2. The van der Waals surface area contributed by atoms with Gasteiger partial charge in [0.1, 0.15) is 0 Å². The van der Waals surface area contributed by atoms with Crippen LogP contribution in [-0.2, 0) is 17.6 Å². The van der Waals surface area contributed by atoms with Crippen molar-refractivity contribution >= 4 is 12.0 Å². The standard InChI is InChI=1S/C14H18N2O3/c1-16(14(19)15-7-6-13(17)18)12-8-10-4-2-3-5-11(10)9-12/h2-5,12H,6-9H2,1H3,(H,15,19)(H,17,18). The molecule has 0 saturated carbocycles. The van der Waals surface area contributed by atoms with Crippen molar-refractivity contribution < 1.29 is 14.7 Å². The highest BCUT2D eigenvalue weighted by Crippen LogP contribution is 2.24. The number of likely N-dealkylation sites (N-methyl/N-ethyl adjacent to an activating group) is 1. The topological polar surface area (TPSA) is 69.6 Å². The lowest BCUT2D eigenvalue weighted by Crippen LogP contribution is -2.44. The van der Waals surface area contributed by atoms with Crippen LogP contribution in [0.5, 0.6) is 0 Å². The van der Waals surface area contributed by atoms with Crippen molar-refractivity contribution in [3.63, 3.8) is 0 Å². The minimum absolute atomic E-state index is 0.0511. The molecule has 0 bridgehead atoms. The van der Waals surface area contributed by atoms with Gasteiger partial charge in [-0.3, -0.25) is 4.79 Å². The van der Waals surface area contributed by atoms with E-state index >= 15 is 0 Å². The summed E-state index contributed by atoms with van der Waals surface area (Å²) >= 11 is 0. The third-order valence-electron chi connectivity index (χ3n) is 3.51. The molecule has 1 aromatic carbocycles. The number of urea groups is 1. The monoisotopic (exact) mass is 262 g/mol. The molecule has 0 aromatic heterocycles. The van der Waals surface area contributed by atoms with Crippen molar-refractivity contribution in [2.75, 3.05) is 13.6 Å². The molecule has 2 N–H and O–H groups in total. The number of nitrogens with zero attached hydrogens (tertiary/aromatic N) is 1. The number of benzene rings is 1. The van der Waals surface area contributed by atoms with Crippen LogP contribution in [0.25, 0.3) is 0 Å².